The fourth-order valence-corrected chi connectivity index (χ4v) is 3.98. The molecule has 0 aliphatic carbocycles. The van der Waals surface area contributed by atoms with Crippen LogP contribution < -0.4 is 5.32 Å². The molecule has 0 bridgehead atoms. The van der Waals surface area contributed by atoms with Gasteiger partial charge in [-0.2, -0.15) is 0 Å². The number of rotatable bonds is 11. The Bertz CT molecular complexity index is 687. The summed E-state index contributed by atoms with van der Waals surface area (Å²) in [6.07, 6.45) is -21.8. The van der Waals surface area contributed by atoms with Gasteiger partial charge in [0.05, 0.1) is 32.0 Å². The topological polar surface area (TPSA) is 268 Å². The Morgan fingerprint density at radius 1 is 0.889 bits per heavy atom. The minimum atomic E-state index is -1.94. The molecule has 2 heterocycles. The molecule has 16 nitrogen and oxygen atoms in total. The number of carbonyl (C=O) groups is 1. The molecule has 0 saturated carbocycles. The molecule has 0 unspecified atom stereocenters. The molecular formula is C20H37NO15. The summed E-state index contributed by atoms with van der Waals surface area (Å²) in [5.74, 6) is -0.658. The third-order valence-electron chi connectivity index (χ3n) is 6.12. The molecule has 0 aromatic rings. The van der Waals surface area contributed by atoms with Crippen LogP contribution >= 0.6 is 0 Å². The second-order valence-electron chi connectivity index (χ2n) is 8.82. The van der Waals surface area contributed by atoms with Crippen LogP contribution in [0.4, 0.5) is 0 Å². The molecule has 14 atom stereocenters. The first kappa shape index (κ1) is 31.1. The van der Waals surface area contributed by atoms with Gasteiger partial charge in [0.15, 0.2) is 12.6 Å². The Morgan fingerprint density at radius 3 is 2.06 bits per heavy atom. The van der Waals surface area contributed by atoms with Crippen LogP contribution in [-0.4, -0.2) is 163 Å². The molecule has 0 radical (unpaired) electrons. The van der Waals surface area contributed by atoms with Crippen molar-refractivity contribution >= 4 is 5.91 Å². The lowest BCUT2D eigenvalue weighted by Crippen LogP contribution is -2.66. The van der Waals surface area contributed by atoms with Crippen LogP contribution in [0.2, 0.25) is 0 Å². The van der Waals surface area contributed by atoms with Crippen LogP contribution in [0.15, 0.2) is 0 Å². The first-order valence-corrected chi connectivity index (χ1v) is 11.4. The van der Waals surface area contributed by atoms with Gasteiger partial charge in [0.25, 0.3) is 0 Å². The van der Waals surface area contributed by atoms with Crippen molar-refractivity contribution < 1.29 is 74.8 Å². The van der Waals surface area contributed by atoms with Gasteiger partial charge in [-0.05, 0) is 6.92 Å². The van der Waals surface area contributed by atoms with Crippen molar-refractivity contribution in [3.63, 3.8) is 0 Å². The van der Waals surface area contributed by atoms with Crippen LogP contribution in [-0.2, 0) is 23.7 Å². The van der Waals surface area contributed by atoms with Crippen LogP contribution in [0.25, 0.3) is 0 Å². The number of hydrogen-bond donors (Lipinski definition) is 11. The van der Waals surface area contributed by atoms with Gasteiger partial charge in [-0.25, -0.2) is 0 Å². The van der Waals surface area contributed by atoms with Gasteiger partial charge in [-0.3, -0.25) is 4.79 Å². The van der Waals surface area contributed by atoms with Crippen molar-refractivity contribution in [2.45, 2.75) is 99.6 Å². The largest absolute Gasteiger partial charge is 0.394 e. The monoisotopic (exact) mass is 531 g/mol. The summed E-state index contributed by atoms with van der Waals surface area (Å²) in [5.41, 5.74) is 0. The molecule has 2 fully saturated rings. The van der Waals surface area contributed by atoms with Gasteiger partial charge >= 0.3 is 0 Å². The number of aliphatic hydroxyl groups is 10. The van der Waals surface area contributed by atoms with Crippen molar-refractivity contribution in [2.75, 3.05) is 19.8 Å². The van der Waals surface area contributed by atoms with Crippen molar-refractivity contribution in [2.24, 2.45) is 0 Å². The fourth-order valence-electron chi connectivity index (χ4n) is 3.98. The zero-order valence-corrected chi connectivity index (χ0v) is 19.7. The Kier molecular flexibility index (Phi) is 11.8. The summed E-state index contributed by atoms with van der Waals surface area (Å²) in [6.45, 7) is -0.0978. The summed E-state index contributed by atoms with van der Waals surface area (Å²) in [6, 6.07) is -1.38. The first-order valence-electron chi connectivity index (χ1n) is 11.4. The van der Waals surface area contributed by atoms with E-state index in [1.807, 2.05) is 0 Å². The zero-order valence-electron chi connectivity index (χ0n) is 19.7. The fraction of sp³-hybridized carbons (Fsp3) is 0.950. The maximum atomic E-state index is 11.6. The summed E-state index contributed by atoms with van der Waals surface area (Å²) in [7, 11) is 0. The van der Waals surface area contributed by atoms with E-state index in [4.69, 9.17) is 18.9 Å². The Balaban J connectivity index is 2.38. The average Bonchev–Trinajstić information content (AvgIpc) is 2.85. The van der Waals surface area contributed by atoms with Gasteiger partial charge < -0.3 is 75.3 Å². The van der Waals surface area contributed by atoms with Gasteiger partial charge in [-0.1, -0.05) is 0 Å². The Hall–Kier alpha value is -1.09. The highest BCUT2D eigenvalue weighted by Crippen LogP contribution is 2.31. The van der Waals surface area contributed by atoms with E-state index >= 15 is 0 Å². The Morgan fingerprint density at radius 2 is 1.53 bits per heavy atom. The number of amides is 1. The highest BCUT2D eigenvalue weighted by molar-refractivity contribution is 5.73. The molecule has 212 valence electrons. The van der Waals surface area contributed by atoms with Gasteiger partial charge in [-0.15, -0.1) is 0 Å². The van der Waals surface area contributed by atoms with Crippen LogP contribution in [0, 0.1) is 0 Å². The van der Waals surface area contributed by atoms with E-state index in [1.165, 1.54) is 6.92 Å². The molecular weight excluding hydrogens is 494 g/mol. The molecule has 0 aromatic carbocycles. The number of aliphatic hydroxyl groups excluding tert-OH is 10. The van der Waals surface area contributed by atoms with E-state index in [0.29, 0.717) is 0 Å². The van der Waals surface area contributed by atoms with E-state index in [0.717, 1.165) is 6.92 Å². The molecule has 16 heteroatoms. The molecule has 2 aliphatic rings. The second kappa shape index (κ2) is 13.6. The highest BCUT2D eigenvalue weighted by Gasteiger charge is 2.51. The smallest absolute Gasteiger partial charge is 0.217 e. The third-order valence-corrected chi connectivity index (χ3v) is 6.12. The third kappa shape index (κ3) is 7.06. The van der Waals surface area contributed by atoms with E-state index in [2.05, 4.69) is 5.32 Å². The molecule has 2 aliphatic heterocycles. The second-order valence-corrected chi connectivity index (χ2v) is 8.82. The number of carbonyl (C=O) groups excluding carboxylic acids is 1. The standard InChI is InChI=1S/C20H37NO15/c1-6-11(27)14(30)16(32)19(33-6)36-18-15(31)13(29)10(5-24)34-20(18)35-17(12(28)9(26)4-23)8(3-22)21-7(2)25/h6,8-20,22-24,26-32H,3-5H2,1-2H3,(H,21,25)/t6-,8-,9+,10+,11+,12-,13-,14+,15-,16-,17+,18+,19-,20-/m0/s1. The summed E-state index contributed by atoms with van der Waals surface area (Å²) in [4.78, 5) is 11.6. The lowest BCUT2D eigenvalue weighted by Gasteiger charge is -2.47. The first-order chi connectivity index (χ1) is 16.9. The van der Waals surface area contributed by atoms with Crippen LogP contribution in [0.5, 0.6) is 0 Å². The van der Waals surface area contributed by atoms with Gasteiger partial charge in [0, 0.05) is 6.92 Å². The minimum absolute atomic E-state index is 0.658. The summed E-state index contributed by atoms with van der Waals surface area (Å²) in [5, 5.41) is 103. The van der Waals surface area contributed by atoms with Crippen molar-refractivity contribution in [1.82, 2.24) is 5.32 Å². The number of hydrogen-bond acceptors (Lipinski definition) is 15. The number of nitrogens with one attached hydrogen (secondary N) is 1. The molecule has 2 rings (SSSR count). The maximum absolute atomic E-state index is 11.6. The van der Waals surface area contributed by atoms with Crippen molar-refractivity contribution in [3.8, 4) is 0 Å². The molecule has 11 N–H and O–H groups in total. The van der Waals surface area contributed by atoms with E-state index in [-0.39, 0.29) is 0 Å². The number of ether oxygens (including phenoxy) is 4. The van der Waals surface area contributed by atoms with Crippen LogP contribution in [0.3, 0.4) is 0 Å². The molecule has 36 heavy (non-hydrogen) atoms. The maximum Gasteiger partial charge on any atom is 0.217 e. The van der Waals surface area contributed by atoms with Crippen LogP contribution in [0.1, 0.15) is 13.8 Å². The van der Waals surface area contributed by atoms with E-state index in [1.54, 1.807) is 0 Å². The molecule has 1 amide bonds. The predicted octanol–water partition coefficient (Wildman–Crippen LogP) is -6.77. The van der Waals surface area contributed by atoms with E-state index in [9.17, 15) is 55.9 Å². The highest BCUT2D eigenvalue weighted by atomic mass is 16.8. The molecule has 0 aromatic heterocycles. The lowest BCUT2D eigenvalue weighted by molar-refractivity contribution is -0.373. The zero-order chi connectivity index (χ0) is 27.3. The van der Waals surface area contributed by atoms with Crippen molar-refractivity contribution in [1.29, 1.82) is 0 Å². The normalized spacial score (nSPS) is 40.8. The molecule has 2 saturated heterocycles. The van der Waals surface area contributed by atoms with Gasteiger partial charge in [0.1, 0.15) is 61.0 Å². The summed E-state index contributed by atoms with van der Waals surface area (Å²) >= 11 is 0. The van der Waals surface area contributed by atoms with Gasteiger partial charge in [0.2, 0.25) is 5.91 Å². The molecule has 0 spiro atoms. The lowest BCUT2D eigenvalue weighted by atomic mass is 9.96. The predicted molar refractivity (Wildman–Crippen MR) is 114 cm³/mol. The summed E-state index contributed by atoms with van der Waals surface area (Å²) < 4.78 is 22.0. The SMILES string of the molecule is CC(=O)N[C@@H](CO)[C@@H](O[C@@H]1O[C@H](CO)[C@H](O)[C@H](O)[C@H]1O[C@@H]1O[C@@H](C)[C@@H](O)[C@@H](O)[C@@H]1O)[C@@H](O)[C@H](O)CO. The van der Waals surface area contributed by atoms with Crippen molar-refractivity contribution in [3.05, 3.63) is 0 Å². The minimum Gasteiger partial charge on any atom is -0.394 e. The average molecular weight is 532 g/mol. The Labute approximate surface area is 206 Å². The van der Waals surface area contributed by atoms with E-state index < -0.39 is 111 Å². The quantitative estimate of drug-likeness (QED) is 0.118.